The summed E-state index contributed by atoms with van der Waals surface area (Å²) in [6, 6.07) is 27.5. The maximum Gasteiger partial charge on any atom is 0.271 e. The summed E-state index contributed by atoms with van der Waals surface area (Å²) in [6.07, 6.45) is 5.01. The molecule has 0 aliphatic heterocycles. The van der Waals surface area contributed by atoms with Crippen LogP contribution in [-0.4, -0.2) is 39.6 Å². The monoisotopic (exact) mass is 620 g/mol. The fourth-order valence-electron chi connectivity index (χ4n) is 4.81. The number of hydrazone groups is 1. The number of benzene rings is 4. The number of hydrogen-bond acceptors (Lipinski definition) is 6. The molecule has 228 valence electrons. The number of pyridine rings is 1. The van der Waals surface area contributed by atoms with Crippen LogP contribution in [0.1, 0.15) is 52.4 Å². The van der Waals surface area contributed by atoms with Gasteiger partial charge in [0.05, 0.1) is 11.2 Å². The second-order valence-electron chi connectivity index (χ2n) is 10.9. The molecule has 0 aliphatic rings. The van der Waals surface area contributed by atoms with E-state index in [1.54, 1.807) is 23.4 Å². The first-order valence-corrected chi connectivity index (χ1v) is 14.9. The lowest BCUT2D eigenvalue weighted by Crippen LogP contribution is -2.34. The van der Waals surface area contributed by atoms with Crippen molar-refractivity contribution in [3.05, 3.63) is 136 Å². The van der Waals surface area contributed by atoms with E-state index >= 15 is 0 Å². The van der Waals surface area contributed by atoms with Gasteiger partial charge in [0.15, 0.2) is 6.61 Å². The van der Waals surface area contributed by atoms with Gasteiger partial charge in [0.1, 0.15) is 11.5 Å². The van der Waals surface area contributed by atoms with Crippen LogP contribution in [0.3, 0.4) is 0 Å². The summed E-state index contributed by atoms with van der Waals surface area (Å²) in [7, 11) is 0. The largest absolute Gasteiger partial charge is 0.506 e. The number of carbonyl (C=O) groups is 2. The molecule has 1 aromatic heterocycles. The Hall–Kier alpha value is -5.21. The molecule has 0 bridgehead atoms. The minimum atomic E-state index is -0.470. The number of ether oxygens (including phenoxy) is 1. The van der Waals surface area contributed by atoms with Crippen molar-refractivity contribution in [2.45, 2.75) is 32.9 Å². The normalized spacial score (nSPS) is 11.2. The van der Waals surface area contributed by atoms with E-state index in [4.69, 9.17) is 16.3 Å². The highest BCUT2D eigenvalue weighted by Crippen LogP contribution is 2.28. The fourth-order valence-corrected chi connectivity index (χ4v) is 4.99. The molecule has 2 amide bonds. The predicted molar refractivity (Wildman–Crippen MR) is 177 cm³/mol. The molecule has 0 saturated carbocycles. The van der Waals surface area contributed by atoms with Crippen LogP contribution in [0.15, 0.2) is 108 Å². The van der Waals surface area contributed by atoms with Crippen molar-refractivity contribution in [2.24, 2.45) is 5.10 Å². The zero-order valence-electron chi connectivity index (χ0n) is 25.0. The molecule has 0 atom stereocenters. The van der Waals surface area contributed by atoms with Gasteiger partial charge in [0.2, 0.25) is 0 Å². The van der Waals surface area contributed by atoms with Gasteiger partial charge in [-0.15, -0.1) is 0 Å². The number of amides is 2. The second-order valence-corrected chi connectivity index (χ2v) is 11.3. The van der Waals surface area contributed by atoms with Crippen LogP contribution < -0.4 is 10.2 Å². The van der Waals surface area contributed by atoms with Gasteiger partial charge in [-0.3, -0.25) is 14.6 Å². The highest BCUT2D eigenvalue weighted by Gasteiger charge is 2.17. The van der Waals surface area contributed by atoms with Gasteiger partial charge in [0, 0.05) is 42.0 Å². The molecule has 0 saturated heterocycles. The third-order valence-corrected chi connectivity index (χ3v) is 7.62. The Balaban J connectivity index is 1.30. The quantitative estimate of drug-likeness (QED) is 0.121. The van der Waals surface area contributed by atoms with Gasteiger partial charge >= 0.3 is 0 Å². The lowest BCUT2D eigenvalue weighted by Gasteiger charge is -2.23. The average Bonchev–Trinajstić information content (AvgIpc) is 3.05. The van der Waals surface area contributed by atoms with Crippen molar-refractivity contribution >= 4 is 40.4 Å². The zero-order chi connectivity index (χ0) is 31.8. The molecule has 45 heavy (non-hydrogen) atoms. The van der Waals surface area contributed by atoms with Gasteiger partial charge in [0.25, 0.3) is 11.8 Å². The molecule has 9 heteroatoms. The van der Waals surface area contributed by atoms with Gasteiger partial charge in [-0.05, 0) is 64.4 Å². The van der Waals surface area contributed by atoms with Gasteiger partial charge in [-0.2, -0.15) is 5.10 Å². The van der Waals surface area contributed by atoms with Crippen LogP contribution in [0.25, 0.3) is 10.8 Å². The number of aromatic hydroxyl groups is 1. The number of nitrogens with one attached hydrogen (secondary N) is 1. The van der Waals surface area contributed by atoms with E-state index in [-0.39, 0.29) is 28.8 Å². The number of carbonyl (C=O) groups excluding carboxylic acids is 2. The van der Waals surface area contributed by atoms with Crippen LogP contribution in [-0.2, 0) is 17.9 Å². The van der Waals surface area contributed by atoms with Crippen LogP contribution in [0.4, 0.5) is 0 Å². The van der Waals surface area contributed by atoms with E-state index in [2.05, 4.69) is 53.6 Å². The molecule has 1 heterocycles. The Morgan fingerprint density at radius 3 is 2.42 bits per heavy atom. The van der Waals surface area contributed by atoms with Crippen LogP contribution in [0, 0.1) is 0 Å². The van der Waals surface area contributed by atoms with E-state index in [1.807, 2.05) is 42.5 Å². The Labute approximate surface area is 266 Å². The molecule has 0 unspecified atom stereocenters. The molecule has 0 radical (unpaired) electrons. The maximum absolute atomic E-state index is 13.6. The lowest BCUT2D eigenvalue weighted by atomic mass is 10.0. The summed E-state index contributed by atoms with van der Waals surface area (Å²) in [4.78, 5) is 32.0. The van der Waals surface area contributed by atoms with Gasteiger partial charge in [-0.25, -0.2) is 5.43 Å². The van der Waals surface area contributed by atoms with Crippen molar-refractivity contribution < 1.29 is 19.4 Å². The molecule has 5 rings (SSSR count). The molecule has 0 aliphatic carbocycles. The minimum Gasteiger partial charge on any atom is -0.506 e. The zero-order valence-corrected chi connectivity index (χ0v) is 25.7. The Kier molecular flexibility index (Phi) is 10.1. The third kappa shape index (κ3) is 8.04. The Bertz CT molecular complexity index is 1830. The summed E-state index contributed by atoms with van der Waals surface area (Å²) < 4.78 is 6.11. The average molecular weight is 621 g/mol. The fraction of sp³-hybridized carbons (Fsp3) is 0.167. The first kappa shape index (κ1) is 31.2. The van der Waals surface area contributed by atoms with Crippen molar-refractivity contribution in [2.75, 3.05) is 6.61 Å². The number of nitrogens with zero attached hydrogens (tertiary/aromatic N) is 3. The third-order valence-electron chi connectivity index (χ3n) is 7.32. The second kappa shape index (κ2) is 14.5. The first-order chi connectivity index (χ1) is 21.8. The predicted octanol–water partition coefficient (Wildman–Crippen LogP) is 7.09. The van der Waals surface area contributed by atoms with Crippen LogP contribution in [0.5, 0.6) is 11.5 Å². The molecule has 8 nitrogen and oxygen atoms in total. The standard InChI is InChI=1S/C36H33ClN4O4/c1-24(2)27-11-9-25(10-12-27)21-41(22-26-6-5-17-38-19-26)35(43)23-45-34-16-14-29(30-7-3-4-8-31(30)34)20-39-40-36(44)28-13-15-33(42)32(37)18-28/h3-20,24,42H,21-23H2,1-2H3,(H,40,44). The Morgan fingerprint density at radius 2 is 1.71 bits per heavy atom. The van der Waals surface area contributed by atoms with E-state index in [0.29, 0.717) is 24.8 Å². The molecular formula is C36H33ClN4O4. The smallest absolute Gasteiger partial charge is 0.271 e. The van der Waals surface area contributed by atoms with E-state index < -0.39 is 5.91 Å². The number of aromatic nitrogens is 1. The van der Waals surface area contributed by atoms with Crippen molar-refractivity contribution in [3.63, 3.8) is 0 Å². The number of fused-ring (bicyclic) bond motifs is 1. The summed E-state index contributed by atoms with van der Waals surface area (Å²) >= 11 is 5.91. The van der Waals surface area contributed by atoms with Crippen molar-refractivity contribution in [1.82, 2.24) is 15.3 Å². The summed E-state index contributed by atoms with van der Waals surface area (Å²) in [5, 5.41) is 15.4. The van der Waals surface area contributed by atoms with Gasteiger partial charge in [-0.1, -0.05) is 80.0 Å². The van der Waals surface area contributed by atoms with Crippen molar-refractivity contribution in [1.29, 1.82) is 0 Å². The number of halogens is 1. The van der Waals surface area contributed by atoms with Crippen molar-refractivity contribution in [3.8, 4) is 11.5 Å². The minimum absolute atomic E-state index is 0.0761. The summed E-state index contributed by atoms with van der Waals surface area (Å²) in [6.45, 7) is 5.00. The molecule has 5 aromatic rings. The van der Waals surface area contributed by atoms with Gasteiger partial charge < -0.3 is 14.7 Å². The molecule has 2 N–H and O–H groups in total. The number of phenolic OH excluding ortho intramolecular Hbond substituents is 1. The molecule has 0 fully saturated rings. The highest BCUT2D eigenvalue weighted by atomic mass is 35.5. The van der Waals surface area contributed by atoms with E-state index in [1.165, 1.54) is 30.0 Å². The highest BCUT2D eigenvalue weighted by molar-refractivity contribution is 6.32. The maximum atomic E-state index is 13.6. The molecule has 4 aromatic carbocycles. The first-order valence-electron chi connectivity index (χ1n) is 14.5. The molecular weight excluding hydrogens is 588 g/mol. The summed E-state index contributed by atoms with van der Waals surface area (Å²) in [5.41, 5.74) is 6.70. The van der Waals surface area contributed by atoms with E-state index in [9.17, 15) is 14.7 Å². The molecule has 0 spiro atoms. The van der Waals surface area contributed by atoms with E-state index in [0.717, 1.165) is 27.5 Å². The summed E-state index contributed by atoms with van der Waals surface area (Å²) in [5.74, 6) is 0.254. The lowest BCUT2D eigenvalue weighted by molar-refractivity contribution is -0.134. The number of rotatable bonds is 11. The van der Waals surface area contributed by atoms with Crippen LogP contribution in [0.2, 0.25) is 5.02 Å². The Morgan fingerprint density at radius 1 is 0.956 bits per heavy atom. The number of hydrogen-bond donors (Lipinski definition) is 2. The number of phenols is 1. The van der Waals surface area contributed by atoms with Crippen LogP contribution >= 0.6 is 11.6 Å². The SMILES string of the molecule is CC(C)c1ccc(CN(Cc2cccnc2)C(=O)COc2ccc(C=NNC(=O)c3ccc(O)c(Cl)c3)c3ccccc23)cc1. The topological polar surface area (TPSA) is 104 Å².